The third-order valence-electron chi connectivity index (χ3n) is 4.91. The first-order chi connectivity index (χ1) is 10.6. The molecule has 0 bridgehead atoms. The van der Waals surface area contributed by atoms with Crippen LogP contribution >= 0.6 is 0 Å². The van der Waals surface area contributed by atoms with Crippen LogP contribution in [-0.4, -0.2) is 41.3 Å². The number of hydrogen-bond acceptors (Lipinski definition) is 0. The number of hydrogen-bond donors (Lipinski definition) is 0. The molecule has 1 heterocycles. The summed E-state index contributed by atoms with van der Waals surface area (Å²) in [6.07, 6.45) is 0. The minimum atomic E-state index is -2.04. The van der Waals surface area contributed by atoms with Crippen molar-refractivity contribution in [3.63, 3.8) is 0 Å². The Balaban J connectivity index is 2.40. The molecule has 0 spiro atoms. The number of benzene rings is 2. The van der Waals surface area contributed by atoms with E-state index in [-0.39, 0.29) is 0 Å². The van der Waals surface area contributed by atoms with Gasteiger partial charge in [-0.05, 0) is 0 Å². The van der Waals surface area contributed by atoms with Gasteiger partial charge in [0.25, 0.3) is 0 Å². The molecule has 0 aliphatic rings. The predicted octanol–water partition coefficient (Wildman–Crippen LogP) is 4.90. The summed E-state index contributed by atoms with van der Waals surface area (Å²) in [5.41, 5.74) is 2.81. The van der Waals surface area contributed by atoms with Crippen LogP contribution < -0.4 is 7.16 Å². The molecule has 3 aromatic rings. The van der Waals surface area contributed by atoms with Gasteiger partial charge >= 0.3 is 150 Å². The third kappa shape index (κ3) is 3.20. The van der Waals surface area contributed by atoms with Crippen molar-refractivity contribution in [2.45, 2.75) is 43.1 Å². The van der Waals surface area contributed by atoms with Crippen LogP contribution in [0.5, 0.6) is 0 Å². The Morgan fingerprint density at radius 1 is 0.696 bits per heavy atom. The first kappa shape index (κ1) is 17.7. The van der Waals surface area contributed by atoms with Crippen molar-refractivity contribution < 1.29 is 0 Å². The Morgan fingerprint density at radius 3 is 1.39 bits per heavy atom. The molecule has 1 aromatic heterocycles. The van der Waals surface area contributed by atoms with Gasteiger partial charge in [0.2, 0.25) is 0 Å². The monoisotopic (exact) mass is 523 g/mol. The Hall–Kier alpha value is -0.163. The van der Waals surface area contributed by atoms with Crippen molar-refractivity contribution in [3.05, 3.63) is 36.4 Å². The van der Waals surface area contributed by atoms with Crippen LogP contribution in [0, 0.1) is 0 Å². The van der Waals surface area contributed by atoms with Crippen LogP contribution in [-0.2, 0) is 6.54 Å². The van der Waals surface area contributed by atoms with E-state index in [9.17, 15) is 0 Å². The molecule has 0 amide bonds. The number of aryl methyl sites for hydroxylation is 1. The first-order valence-corrected chi connectivity index (χ1v) is 28.7. The molecule has 23 heavy (non-hydrogen) atoms. The van der Waals surface area contributed by atoms with Crippen molar-refractivity contribution in [2.24, 2.45) is 0 Å². The molecule has 122 valence electrons. The quantitative estimate of drug-likeness (QED) is 0.433. The molecule has 3 heteroatoms. The summed E-state index contributed by atoms with van der Waals surface area (Å²) in [6.45, 7) is 3.29. The van der Waals surface area contributed by atoms with Gasteiger partial charge in [0.15, 0.2) is 0 Å². The molecule has 0 saturated heterocycles. The van der Waals surface area contributed by atoms with E-state index in [1.165, 1.54) is 21.8 Å². The zero-order valence-corrected chi connectivity index (χ0v) is 21.3. The number of aromatic nitrogens is 1. The van der Waals surface area contributed by atoms with Crippen LogP contribution in [0.3, 0.4) is 0 Å². The summed E-state index contributed by atoms with van der Waals surface area (Å²) in [6, 6.07) is 14.6. The summed E-state index contributed by atoms with van der Waals surface area (Å²) in [5.74, 6) is 0. The van der Waals surface area contributed by atoms with Gasteiger partial charge in [-0.2, -0.15) is 0 Å². The fraction of sp³-hybridized carbons (Fsp3) is 0.400. The Kier molecular flexibility index (Phi) is 4.59. The van der Waals surface area contributed by atoms with E-state index < -0.39 is 36.8 Å². The topological polar surface area (TPSA) is 4.93 Å². The summed E-state index contributed by atoms with van der Waals surface area (Å²) in [4.78, 5) is 15.0. The molecule has 0 atom stereocenters. The van der Waals surface area contributed by atoms with Gasteiger partial charge in [-0.25, -0.2) is 0 Å². The summed E-state index contributed by atoms with van der Waals surface area (Å²) in [5, 5.41) is 2.95. The van der Waals surface area contributed by atoms with Gasteiger partial charge < -0.3 is 0 Å². The van der Waals surface area contributed by atoms with Gasteiger partial charge in [-0.1, -0.05) is 0 Å². The zero-order valence-electron chi connectivity index (χ0n) is 15.6. The normalized spacial score (nSPS) is 13.2. The second-order valence-electron chi connectivity index (χ2n) is 8.71. The molecule has 0 radical (unpaired) electrons. The van der Waals surface area contributed by atoms with Crippen LogP contribution in [0.2, 0.25) is 29.6 Å². The Morgan fingerprint density at radius 2 is 1.09 bits per heavy atom. The SMILES string of the molecule is CCn1c2cc[c]([Sn]([CH3])([CH3])[CH3])cc2c2c[c]([Sn]([CH3])([CH3])[CH3])ccc21. The van der Waals surface area contributed by atoms with Gasteiger partial charge in [-0.15, -0.1) is 0 Å². The third-order valence-corrected chi connectivity index (χ3v) is 16.6. The summed E-state index contributed by atoms with van der Waals surface area (Å²) < 4.78 is 5.74. The van der Waals surface area contributed by atoms with E-state index in [1.807, 2.05) is 0 Å². The molecule has 3 rings (SSSR count). The molecule has 0 saturated carbocycles. The summed E-state index contributed by atoms with van der Waals surface area (Å²) in [7, 11) is 0. The predicted molar refractivity (Wildman–Crippen MR) is 111 cm³/mol. The van der Waals surface area contributed by atoms with Gasteiger partial charge in [0.05, 0.1) is 0 Å². The maximum atomic E-state index is 2.52. The van der Waals surface area contributed by atoms with E-state index in [1.54, 1.807) is 7.16 Å². The minimum absolute atomic E-state index is 1.04. The van der Waals surface area contributed by atoms with E-state index in [4.69, 9.17) is 0 Å². The second kappa shape index (κ2) is 5.97. The average molecular weight is 521 g/mol. The van der Waals surface area contributed by atoms with Crippen molar-refractivity contribution in [3.8, 4) is 0 Å². The van der Waals surface area contributed by atoms with Crippen LogP contribution in [0.25, 0.3) is 21.8 Å². The Bertz CT molecular complexity index is 805. The standard InChI is InChI=1S/C14H11N.6CH3.2Sn/c1-2-15-13-9-5-3-7-11(13)12-8-4-6-10-14(12)15;;;;;;;;/h5-10H,2H2,1H3;6*1H3;;. The number of nitrogens with zero attached hydrogens (tertiary/aromatic N) is 1. The van der Waals surface area contributed by atoms with Gasteiger partial charge in [-0.3, -0.25) is 0 Å². The van der Waals surface area contributed by atoms with Crippen molar-refractivity contribution >= 4 is 65.7 Å². The Labute approximate surface area is 148 Å². The van der Waals surface area contributed by atoms with E-state index in [2.05, 4.69) is 77.5 Å². The van der Waals surface area contributed by atoms with E-state index in [0.29, 0.717) is 0 Å². The van der Waals surface area contributed by atoms with Gasteiger partial charge in [0.1, 0.15) is 0 Å². The van der Waals surface area contributed by atoms with Crippen LogP contribution in [0.1, 0.15) is 6.92 Å². The van der Waals surface area contributed by atoms with Crippen LogP contribution in [0.4, 0.5) is 0 Å². The molecule has 1 nitrogen and oxygen atoms in total. The maximum absolute atomic E-state index is 2.52. The molecular formula is C20H29NSn2. The van der Waals surface area contributed by atoms with Crippen molar-refractivity contribution in [1.82, 2.24) is 4.57 Å². The molecular weight excluding hydrogens is 492 g/mol. The second-order valence-corrected chi connectivity index (χ2v) is 37.7. The molecule has 0 fully saturated rings. The average Bonchev–Trinajstić information content (AvgIpc) is 2.77. The van der Waals surface area contributed by atoms with E-state index in [0.717, 1.165) is 6.54 Å². The number of fused-ring (bicyclic) bond motifs is 3. The molecule has 0 aliphatic carbocycles. The zero-order chi connectivity index (χ0) is 17.0. The fourth-order valence-corrected chi connectivity index (χ4v) is 10.0. The van der Waals surface area contributed by atoms with Gasteiger partial charge in [0, 0.05) is 0 Å². The molecule has 2 aromatic carbocycles. The van der Waals surface area contributed by atoms with Crippen LogP contribution in [0.15, 0.2) is 36.4 Å². The van der Waals surface area contributed by atoms with Crippen molar-refractivity contribution in [1.29, 1.82) is 0 Å². The van der Waals surface area contributed by atoms with E-state index >= 15 is 0 Å². The molecule has 0 unspecified atom stereocenters. The van der Waals surface area contributed by atoms with Crippen molar-refractivity contribution in [2.75, 3.05) is 0 Å². The fourth-order valence-electron chi connectivity index (χ4n) is 3.38. The summed E-state index contributed by atoms with van der Waals surface area (Å²) >= 11 is -4.08. The first-order valence-electron chi connectivity index (χ1n) is 8.70. The molecule has 0 aliphatic heterocycles. The molecule has 0 N–H and O–H groups in total. The number of rotatable bonds is 3.